The summed E-state index contributed by atoms with van der Waals surface area (Å²) in [5, 5.41) is 2.91. The highest BCUT2D eigenvalue weighted by Crippen LogP contribution is 2.20. The number of carbonyl (C=O) groups excluding carboxylic acids is 2. The van der Waals surface area contributed by atoms with Gasteiger partial charge in [0.05, 0.1) is 6.42 Å². The molecule has 0 aliphatic heterocycles. The Kier molecular flexibility index (Phi) is 6.75. The van der Waals surface area contributed by atoms with Crippen LogP contribution in [0.4, 0.5) is 5.69 Å². The molecule has 0 fully saturated rings. The smallest absolute Gasteiger partial charge is 0.224 e. The number of hydrogen-bond acceptors (Lipinski definition) is 2. The van der Waals surface area contributed by atoms with Crippen molar-refractivity contribution in [2.45, 2.75) is 33.6 Å². The molecule has 132 valence electrons. The van der Waals surface area contributed by atoms with Crippen molar-refractivity contribution in [3.63, 3.8) is 0 Å². The van der Waals surface area contributed by atoms with Gasteiger partial charge in [-0.05, 0) is 30.5 Å². The summed E-state index contributed by atoms with van der Waals surface area (Å²) in [6, 6.07) is 15.8. The molecule has 0 radical (unpaired) electrons. The third-order valence-electron chi connectivity index (χ3n) is 4.19. The Morgan fingerprint density at radius 2 is 1.72 bits per heavy atom. The molecule has 2 aromatic rings. The Hall–Kier alpha value is -2.62. The quantitative estimate of drug-likeness (QED) is 0.842. The Morgan fingerprint density at radius 3 is 2.36 bits per heavy atom. The average molecular weight is 338 g/mol. The summed E-state index contributed by atoms with van der Waals surface area (Å²) in [7, 11) is 0. The van der Waals surface area contributed by atoms with E-state index in [1.165, 1.54) is 5.56 Å². The van der Waals surface area contributed by atoms with E-state index in [0.29, 0.717) is 19.5 Å². The lowest BCUT2D eigenvalue weighted by Gasteiger charge is -2.24. The van der Waals surface area contributed by atoms with Crippen molar-refractivity contribution in [1.29, 1.82) is 0 Å². The minimum Gasteiger partial charge on any atom is -0.354 e. The van der Waals surface area contributed by atoms with Gasteiger partial charge < -0.3 is 10.2 Å². The topological polar surface area (TPSA) is 49.4 Å². The molecule has 1 N–H and O–H groups in total. The molecule has 2 aromatic carbocycles. The Balaban J connectivity index is 1.92. The molecular weight excluding hydrogens is 312 g/mol. The molecule has 4 nitrogen and oxygen atoms in total. The fraction of sp³-hybridized carbons (Fsp3) is 0.333. The largest absolute Gasteiger partial charge is 0.354 e. The first-order valence-electron chi connectivity index (χ1n) is 8.69. The second-order valence-corrected chi connectivity index (χ2v) is 6.17. The summed E-state index contributed by atoms with van der Waals surface area (Å²) < 4.78 is 0. The Bertz CT molecular complexity index is 723. The first-order valence-corrected chi connectivity index (χ1v) is 8.69. The number of hydrogen-bond donors (Lipinski definition) is 1. The molecule has 0 spiro atoms. The number of nitrogens with zero attached hydrogens (tertiary/aromatic N) is 1. The molecule has 0 saturated carbocycles. The molecule has 0 unspecified atom stereocenters. The maximum Gasteiger partial charge on any atom is 0.224 e. The van der Waals surface area contributed by atoms with Crippen LogP contribution in [0.25, 0.3) is 0 Å². The zero-order valence-corrected chi connectivity index (χ0v) is 15.2. The zero-order chi connectivity index (χ0) is 18.2. The molecule has 2 amide bonds. The summed E-state index contributed by atoms with van der Waals surface area (Å²) in [6.45, 7) is 6.55. The van der Waals surface area contributed by atoms with E-state index in [1.807, 2.05) is 55.5 Å². The van der Waals surface area contributed by atoms with E-state index < -0.39 is 0 Å². The molecule has 0 aromatic heterocycles. The van der Waals surface area contributed by atoms with Gasteiger partial charge in [-0.2, -0.15) is 0 Å². The summed E-state index contributed by atoms with van der Waals surface area (Å²) >= 11 is 0. The molecular formula is C21H26N2O2. The van der Waals surface area contributed by atoms with Crippen LogP contribution in [0.3, 0.4) is 0 Å². The summed E-state index contributed by atoms with van der Waals surface area (Å²) in [5.74, 6) is -0.0511. The second-order valence-electron chi connectivity index (χ2n) is 6.17. The SMILES string of the molecule is CCc1ccccc1N(CCNC(=O)Cc1ccc(C)cc1)C(C)=O. The lowest BCUT2D eigenvalue weighted by molar-refractivity contribution is -0.121. The number of benzene rings is 2. The number of amides is 2. The van der Waals surface area contributed by atoms with Crippen LogP contribution in [-0.4, -0.2) is 24.9 Å². The van der Waals surface area contributed by atoms with Crippen molar-refractivity contribution < 1.29 is 9.59 Å². The number of rotatable bonds is 7. The maximum absolute atomic E-state index is 12.1. The molecule has 0 heterocycles. The number of para-hydroxylation sites is 1. The van der Waals surface area contributed by atoms with Crippen molar-refractivity contribution in [3.05, 3.63) is 65.2 Å². The predicted molar refractivity (Wildman–Crippen MR) is 102 cm³/mol. The minimum absolute atomic E-state index is 0.0197. The molecule has 4 heteroatoms. The van der Waals surface area contributed by atoms with Crippen molar-refractivity contribution in [2.24, 2.45) is 0 Å². The first kappa shape index (κ1) is 18.7. The van der Waals surface area contributed by atoms with Crippen LogP contribution in [0.5, 0.6) is 0 Å². The van der Waals surface area contributed by atoms with E-state index >= 15 is 0 Å². The third kappa shape index (κ3) is 5.45. The second kappa shape index (κ2) is 9.02. The van der Waals surface area contributed by atoms with Crippen LogP contribution >= 0.6 is 0 Å². The van der Waals surface area contributed by atoms with Crippen molar-refractivity contribution >= 4 is 17.5 Å². The van der Waals surface area contributed by atoms with Gasteiger partial charge >= 0.3 is 0 Å². The van der Waals surface area contributed by atoms with E-state index in [-0.39, 0.29) is 11.8 Å². The van der Waals surface area contributed by atoms with Crippen LogP contribution in [-0.2, 0) is 22.4 Å². The molecule has 0 atom stereocenters. The lowest BCUT2D eigenvalue weighted by Crippen LogP contribution is -2.38. The van der Waals surface area contributed by atoms with Crippen molar-refractivity contribution in [1.82, 2.24) is 5.32 Å². The van der Waals surface area contributed by atoms with E-state index in [1.54, 1.807) is 11.8 Å². The van der Waals surface area contributed by atoms with Crippen molar-refractivity contribution in [2.75, 3.05) is 18.0 Å². The standard InChI is InChI=1S/C21H26N2O2/c1-4-19-7-5-6-8-20(19)23(17(3)24)14-13-22-21(25)15-18-11-9-16(2)10-12-18/h5-12H,4,13-15H2,1-3H3,(H,22,25). The van der Waals surface area contributed by atoms with Crippen LogP contribution in [0.1, 0.15) is 30.5 Å². The first-order chi connectivity index (χ1) is 12.0. The van der Waals surface area contributed by atoms with Gasteiger partial charge in [0.15, 0.2) is 0 Å². The van der Waals surface area contributed by atoms with Gasteiger partial charge in [-0.3, -0.25) is 9.59 Å². The zero-order valence-electron chi connectivity index (χ0n) is 15.2. The molecule has 25 heavy (non-hydrogen) atoms. The van der Waals surface area contributed by atoms with Crippen LogP contribution in [0.2, 0.25) is 0 Å². The van der Waals surface area contributed by atoms with Crippen molar-refractivity contribution in [3.8, 4) is 0 Å². The average Bonchev–Trinajstić information content (AvgIpc) is 2.60. The number of carbonyl (C=O) groups is 2. The Labute approximate surface area is 149 Å². The number of aryl methyl sites for hydroxylation is 2. The minimum atomic E-state index is -0.0314. The molecule has 0 aliphatic rings. The molecule has 0 bridgehead atoms. The summed E-state index contributed by atoms with van der Waals surface area (Å²) in [4.78, 5) is 25.8. The highest BCUT2D eigenvalue weighted by molar-refractivity contribution is 5.92. The van der Waals surface area contributed by atoms with E-state index in [2.05, 4.69) is 12.2 Å². The number of anilines is 1. The Morgan fingerprint density at radius 1 is 1.04 bits per heavy atom. The predicted octanol–water partition coefficient (Wildman–Crippen LogP) is 3.27. The summed E-state index contributed by atoms with van der Waals surface area (Å²) in [5.41, 5.74) is 4.22. The summed E-state index contributed by atoms with van der Waals surface area (Å²) in [6.07, 6.45) is 1.21. The third-order valence-corrected chi connectivity index (χ3v) is 4.19. The molecule has 0 saturated heterocycles. The van der Waals surface area contributed by atoms with Crippen LogP contribution < -0.4 is 10.2 Å². The van der Waals surface area contributed by atoms with Gasteiger partial charge in [0.25, 0.3) is 0 Å². The van der Waals surface area contributed by atoms with Gasteiger partial charge in [-0.15, -0.1) is 0 Å². The fourth-order valence-electron chi connectivity index (χ4n) is 2.78. The fourth-order valence-corrected chi connectivity index (χ4v) is 2.78. The van der Waals surface area contributed by atoms with Crippen LogP contribution in [0, 0.1) is 6.92 Å². The van der Waals surface area contributed by atoms with Gasteiger partial charge in [0.1, 0.15) is 0 Å². The molecule has 2 rings (SSSR count). The number of nitrogens with one attached hydrogen (secondary N) is 1. The van der Waals surface area contributed by atoms with E-state index in [4.69, 9.17) is 0 Å². The highest BCUT2D eigenvalue weighted by atomic mass is 16.2. The maximum atomic E-state index is 12.1. The highest BCUT2D eigenvalue weighted by Gasteiger charge is 2.14. The monoisotopic (exact) mass is 338 g/mol. The van der Waals surface area contributed by atoms with E-state index in [0.717, 1.165) is 23.2 Å². The van der Waals surface area contributed by atoms with Gasteiger partial charge in [-0.25, -0.2) is 0 Å². The molecule has 0 aliphatic carbocycles. The van der Waals surface area contributed by atoms with Gasteiger partial charge in [0.2, 0.25) is 11.8 Å². The van der Waals surface area contributed by atoms with E-state index in [9.17, 15) is 9.59 Å². The van der Waals surface area contributed by atoms with Crippen LogP contribution in [0.15, 0.2) is 48.5 Å². The normalized spacial score (nSPS) is 10.4. The van der Waals surface area contributed by atoms with Gasteiger partial charge in [-0.1, -0.05) is 55.0 Å². The lowest BCUT2D eigenvalue weighted by atomic mass is 10.1. The van der Waals surface area contributed by atoms with Gasteiger partial charge in [0, 0.05) is 25.7 Å².